The average molecular weight is 194 g/mol. The molecule has 0 amide bonds. The zero-order valence-corrected chi connectivity index (χ0v) is 8.08. The van der Waals surface area contributed by atoms with Crippen molar-refractivity contribution in [1.82, 2.24) is 0 Å². The molecule has 0 spiro atoms. The number of nitrogens with two attached hydrogens (primary N) is 1. The second-order valence-corrected chi connectivity index (χ2v) is 3.03. The van der Waals surface area contributed by atoms with Gasteiger partial charge in [-0.1, -0.05) is 6.92 Å². The molecule has 4 nitrogen and oxygen atoms in total. The summed E-state index contributed by atoms with van der Waals surface area (Å²) in [5.41, 5.74) is 6.86. The van der Waals surface area contributed by atoms with Crippen molar-refractivity contribution in [3.05, 3.63) is 23.8 Å². The van der Waals surface area contributed by atoms with Crippen LogP contribution in [0.2, 0.25) is 0 Å². The third-order valence-electron chi connectivity index (χ3n) is 1.86. The molecule has 0 bridgehead atoms. The molecule has 0 saturated heterocycles. The van der Waals surface area contributed by atoms with Crippen LogP contribution in [0, 0.1) is 0 Å². The number of nitrogens with one attached hydrogen (secondary N) is 1. The van der Waals surface area contributed by atoms with Crippen LogP contribution in [0.3, 0.4) is 0 Å². The predicted octanol–water partition coefficient (Wildman–Crippen LogP) is 1.79. The standard InChI is InChI=1S/C10H14N2O2/c1-2-5-12-7-3-4-8(10(13)14)9(11)6-7/h3-4,6,12H,2,5,11H2,1H3,(H,13,14). The lowest BCUT2D eigenvalue weighted by Crippen LogP contribution is -2.05. The molecule has 1 aromatic carbocycles. The van der Waals surface area contributed by atoms with Gasteiger partial charge in [0.1, 0.15) is 0 Å². The number of benzene rings is 1. The molecular formula is C10H14N2O2. The highest BCUT2D eigenvalue weighted by molar-refractivity contribution is 5.94. The van der Waals surface area contributed by atoms with Crippen LogP contribution in [-0.4, -0.2) is 17.6 Å². The second-order valence-electron chi connectivity index (χ2n) is 3.03. The molecule has 76 valence electrons. The van der Waals surface area contributed by atoms with E-state index in [1.54, 1.807) is 12.1 Å². The molecule has 0 fully saturated rings. The molecule has 0 aliphatic heterocycles. The smallest absolute Gasteiger partial charge is 0.337 e. The maximum absolute atomic E-state index is 10.6. The van der Waals surface area contributed by atoms with Crippen molar-refractivity contribution in [3.63, 3.8) is 0 Å². The van der Waals surface area contributed by atoms with Crippen LogP contribution in [0.5, 0.6) is 0 Å². The minimum absolute atomic E-state index is 0.145. The molecular weight excluding hydrogens is 180 g/mol. The Labute approximate surface area is 82.7 Å². The Morgan fingerprint density at radius 3 is 2.79 bits per heavy atom. The monoisotopic (exact) mass is 194 g/mol. The normalized spacial score (nSPS) is 9.79. The Morgan fingerprint density at radius 2 is 2.29 bits per heavy atom. The zero-order chi connectivity index (χ0) is 10.6. The fourth-order valence-corrected chi connectivity index (χ4v) is 1.14. The minimum atomic E-state index is -0.996. The first-order valence-electron chi connectivity index (χ1n) is 4.52. The Bertz CT molecular complexity index is 337. The number of aromatic carboxylic acids is 1. The summed E-state index contributed by atoms with van der Waals surface area (Å²) in [6.45, 7) is 2.91. The minimum Gasteiger partial charge on any atom is -0.478 e. The van der Waals surface area contributed by atoms with Crippen LogP contribution >= 0.6 is 0 Å². The summed E-state index contributed by atoms with van der Waals surface area (Å²) in [7, 11) is 0. The Balaban J connectivity index is 2.83. The predicted molar refractivity (Wildman–Crippen MR) is 56.6 cm³/mol. The Kier molecular flexibility index (Phi) is 3.34. The first-order valence-corrected chi connectivity index (χ1v) is 4.52. The van der Waals surface area contributed by atoms with Crippen LogP contribution in [0.25, 0.3) is 0 Å². The third-order valence-corrected chi connectivity index (χ3v) is 1.86. The number of nitrogen functional groups attached to an aromatic ring is 1. The highest BCUT2D eigenvalue weighted by Crippen LogP contribution is 2.17. The van der Waals surface area contributed by atoms with Gasteiger partial charge in [0.2, 0.25) is 0 Å². The van der Waals surface area contributed by atoms with E-state index >= 15 is 0 Å². The van der Waals surface area contributed by atoms with Crippen LogP contribution in [0.15, 0.2) is 18.2 Å². The maximum atomic E-state index is 10.6. The molecule has 0 aromatic heterocycles. The lowest BCUT2D eigenvalue weighted by Gasteiger charge is -2.06. The number of carboxylic acid groups (broad SMARTS) is 1. The van der Waals surface area contributed by atoms with Gasteiger partial charge in [0.15, 0.2) is 0 Å². The zero-order valence-electron chi connectivity index (χ0n) is 8.08. The van der Waals surface area contributed by atoms with Gasteiger partial charge >= 0.3 is 5.97 Å². The van der Waals surface area contributed by atoms with Crippen molar-refractivity contribution >= 4 is 17.3 Å². The summed E-state index contributed by atoms with van der Waals surface area (Å²) in [4.78, 5) is 10.6. The van der Waals surface area contributed by atoms with Gasteiger partial charge in [-0.2, -0.15) is 0 Å². The lowest BCUT2D eigenvalue weighted by molar-refractivity contribution is 0.0698. The van der Waals surface area contributed by atoms with Crippen molar-refractivity contribution in [1.29, 1.82) is 0 Å². The van der Waals surface area contributed by atoms with Gasteiger partial charge in [-0.3, -0.25) is 0 Å². The van der Waals surface area contributed by atoms with E-state index in [2.05, 4.69) is 12.2 Å². The van der Waals surface area contributed by atoms with Gasteiger partial charge in [0.25, 0.3) is 0 Å². The summed E-state index contributed by atoms with van der Waals surface area (Å²) in [5, 5.41) is 11.9. The average Bonchev–Trinajstić information content (AvgIpc) is 2.14. The van der Waals surface area contributed by atoms with Gasteiger partial charge in [-0.15, -0.1) is 0 Å². The van der Waals surface area contributed by atoms with Crippen LogP contribution in [0.1, 0.15) is 23.7 Å². The summed E-state index contributed by atoms with van der Waals surface area (Å²) < 4.78 is 0. The first kappa shape index (κ1) is 10.4. The second kappa shape index (κ2) is 4.50. The van der Waals surface area contributed by atoms with E-state index < -0.39 is 5.97 Å². The molecule has 4 heteroatoms. The molecule has 1 aromatic rings. The Morgan fingerprint density at radius 1 is 1.57 bits per heavy atom. The van der Waals surface area contributed by atoms with Gasteiger partial charge < -0.3 is 16.2 Å². The highest BCUT2D eigenvalue weighted by atomic mass is 16.4. The maximum Gasteiger partial charge on any atom is 0.337 e. The van der Waals surface area contributed by atoms with Crippen molar-refractivity contribution in [2.45, 2.75) is 13.3 Å². The number of hydrogen-bond donors (Lipinski definition) is 3. The quantitative estimate of drug-likeness (QED) is 0.639. The van der Waals surface area contributed by atoms with Crippen LogP contribution < -0.4 is 11.1 Å². The van der Waals surface area contributed by atoms with E-state index in [1.165, 1.54) is 6.07 Å². The van der Waals surface area contributed by atoms with Crippen molar-refractivity contribution in [3.8, 4) is 0 Å². The topological polar surface area (TPSA) is 75.3 Å². The van der Waals surface area contributed by atoms with Crippen molar-refractivity contribution < 1.29 is 9.90 Å². The van der Waals surface area contributed by atoms with E-state index in [0.29, 0.717) is 5.69 Å². The molecule has 4 N–H and O–H groups in total. The molecule has 0 saturated carbocycles. The molecule has 0 atom stereocenters. The van der Waals surface area contributed by atoms with Crippen LogP contribution in [0.4, 0.5) is 11.4 Å². The third kappa shape index (κ3) is 2.39. The van der Waals surface area contributed by atoms with Gasteiger partial charge in [-0.05, 0) is 24.6 Å². The summed E-state index contributed by atoms with van der Waals surface area (Å²) in [6.07, 6.45) is 1.01. The summed E-state index contributed by atoms with van der Waals surface area (Å²) in [6, 6.07) is 4.87. The van der Waals surface area contributed by atoms with Gasteiger partial charge in [-0.25, -0.2) is 4.79 Å². The van der Waals surface area contributed by atoms with E-state index in [0.717, 1.165) is 18.7 Å². The molecule has 0 aliphatic rings. The first-order chi connectivity index (χ1) is 6.65. The van der Waals surface area contributed by atoms with Crippen LogP contribution in [-0.2, 0) is 0 Å². The fraction of sp³-hybridized carbons (Fsp3) is 0.300. The number of hydrogen-bond acceptors (Lipinski definition) is 3. The van der Waals surface area contributed by atoms with E-state index in [-0.39, 0.29) is 5.56 Å². The molecule has 0 radical (unpaired) electrons. The summed E-state index contributed by atoms with van der Waals surface area (Å²) >= 11 is 0. The van der Waals surface area contributed by atoms with Crippen molar-refractivity contribution in [2.24, 2.45) is 0 Å². The number of anilines is 2. The largest absolute Gasteiger partial charge is 0.478 e. The fourth-order valence-electron chi connectivity index (χ4n) is 1.14. The number of carbonyl (C=O) groups is 1. The SMILES string of the molecule is CCCNc1ccc(C(=O)O)c(N)c1. The van der Waals surface area contributed by atoms with Gasteiger partial charge in [0.05, 0.1) is 5.56 Å². The molecule has 0 heterocycles. The van der Waals surface area contributed by atoms with E-state index in [9.17, 15) is 4.79 Å². The molecule has 14 heavy (non-hydrogen) atoms. The highest BCUT2D eigenvalue weighted by Gasteiger charge is 2.07. The van der Waals surface area contributed by atoms with Crippen molar-refractivity contribution in [2.75, 3.05) is 17.6 Å². The molecule has 1 rings (SSSR count). The molecule has 0 unspecified atom stereocenters. The lowest BCUT2D eigenvalue weighted by atomic mass is 10.1. The van der Waals surface area contributed by atoms with Gasteiger partial charge in [0, 0.05) is 17.9 Å². The van der Waals surface area contributed by atoms with E-state index in [1.807, 2.05) is 0 Å². The number of rotatable bonds is 4. The van der Waals surface area contributed by atoms with E-state index in [4.69, 9.17) is 10.8 Å². The Hall–Kier alpha value is -1.71. The number of carboxylic acids is 1. The summed E-state index contributed by atoms with van der Waals surface area (Å²) in [5.74, 6) is -0.996. The molecule has 0 aliphatic carbocycles.